The normalized spacial score (nSPS) is 22.2. The number of carbonyl (C=O) groups excluding carboxylic acids is 2. The number of hydrogen-bond donors (Lipinski definition) is 2. The van der Waals surface area contributed by atoms with Crippen LogP contribution in [0.25, 0.3) is 0 Å². The molecule has 0 spiro atoms. The molecule has 0 radical (unpaired) electrons. The molecule has 2 unspecified atom stereocenters. The van der Waals surface area contributed by atoms with Gasteiger partial charge < -0.3 is 29.6 Å². The van der Waals surface area contributed by atoms with E-state index in [1.54, 1.807) is 0 Å². The Hall–Kier alpha value is -2.75. The van der Waals surface area contributed by atoms with Crippen molar-refractivity contribution in [1.29, 1.82) is 0 Å². The zero-order valence-corrected chi connectivity index (χ0v) is 13.6. The van der Waals surface area contributed by atoms with Gasteiger partial charge in [0, 0.05) is 18.8 Å². The van der Waals surface area contributed by atoms with Crippen LogP contribution in [-0.4, -0.2) is 59.5 Å². The molecule has 0 aromatic carbocycles. The number of aliphatic hydroxyl groups is 1. The summed E-state index contributed by atoms with van der Waals surface area (Å²) in [6.07, 6.45) is 1.63. The quantitative estimate of drug-likeness (QED) is 0.568. The zero-order valence-electron chi connectivity index (χ0n) is 13.6. The maximum atomic E-state index is 12.9. The summed E-state index contributed by atoms with van der Waals surface area (Å²) >= 11 is 0. The Bertz CT molecular complexity index is 732. The molecule has 3 heterocycles. The van der Waals surface area contributed by atoms with Gasteiger partial charge >= 0.3 is 6.16 Å². The van der Waals surface area contributed by atoms with Crippen LogP contribution in [0.3, 0.4) is 0 Å². The second kappa shape index (κ2) is 7.01. The number of amides is 1. The Balaban J connectivity index is 1.89. The van der Waals surface area contributed by atoms with Crippen molar-refractivity contribution in [3.8, 4) is 5.75 Å². The fourth-order valence-electron chi connectivity index (χ4n) is 2.96. The fourth-order valence-corrected chi connectivity index (χ4v) is 2.96. The lowest BCUT2D eigenvalue weighted by molar-refractivity contribution is 0.0132. The van der Waals surface area contributed by atoms with E-state index in [9.17, 15) is 19.5 Å². The number of aromatic nitrogens is 1. The van der Waals surface area contributed by atoms with Crippen LogP contribution in [0.1, 0.15) is 29.8 Å². The summed E-state index contributed by atoms with van der Waals surface area (Å²) in [5.74, 6) is -0.670. The highest BCUT2D eigenvalue weighted by Crippen LogP contribution is 2.25. The highest BCUT2D eigenvalue weighted by molar-refractivity contribution is 5.96. The summed E-state index contributed by atoms with van der Waals surface area (Å²) in [7, 11) is 1.14. The van der Waals surface area contributed by atoms with Crippen molar-refractivity contribution in [1.82, 2.24) is 9.58 Å². The Morgan fingerprint density at radius 1 is 1.40 bits per heavy atom. The van der Waals surface area contributed by atoms with Crippen molar-refractivity contribution >= 4 is 12.1 Å². The van der Waals surface area contributed by atoms with E-state index in [1.807, 2.05) is 0 Å². The van der Waals surface area contributed by atoms with Crippen LogP contribution >= 0.6 is 0 Å². The highest BCUT2D eigenvalue weighted by Gasteiger charge is 2.37. The second-order valence-electron chi connectivity index (χ2n) is 5.78. The van der Waals surface area contributed by atoms with E-state index in [0.717, 1.165) is 13.5 Å². The average molecular weight is 353 g/mol. The van der Waals surface area contributed by atoms with Gasteiger partial charge in [-0.2, -0.15) is 0 Å². The van der Waals surface area contributed by atoms with Gasteiger partial charge in [-0.1, -0.05) is 0 Å². The van der Waals surface area contributed by atoms with Gasteiger partial charge in [-0.05, 0) is 19.3 Å². The van der Waals surface area contributed by atoms with Gasteiger partial charge in [-0.3, -0.25) is 14.3 Å². The van der Waals surface area contributed by atoms with E-state index < -0.39 is 30.4 Å². The molecule has 1 fully saturated rings. The van der Waals surface area contributed by atoms with E-state index in [2.05, 4.69) is 14.9 Å². The van der Waals surface area contributed by atoms with E-state index in [-0.39, 0.29) is 24.2 Å². The van der Waals surface area contributed by atoms with E-state index >= 15 is 0 Å². The molecule has 0 aliphatic carbocycles. The third kappa shape index (κ3) is 3.38. The van der Waals surface area contributed by atoms with Crippen molar-refractivity contribution in [2.24, 2.45) is 0 Å². The summed E-state index contributed by atoms with van der Waals surface area (Å²) in [6.45, 7) is -0.407. The number of pyridine rings is 1. The van der Waals surface area contributed by atoms with Crippen LogP contribution in [0.5, 0.6) is 5.75 Å². The number of nitrogens with one attached hydrogen (secondary N) is 1. The maximum Gasteiger partial charge on any atom is 0.510 e. The average Bonchev–Trinajstić information content (AvgIpc) is 2.78. The molecule has 10 nitrogen and oxygen atoms in total. The molecule has 2 aliphatic rings. The van der Waals surface area contributed by atoms with Crippen molar-refractivity contribution in [3.05, 3.63) is 28.2 Å². The lowest BCUT2D eigenvalue weighted by atomic mass is 10.2. The molecule has 1 amide bonds. The number of methoxy groups -OCH3 is 1. The summed E-state index contributed by atoms with van der Waals surface area (Å²) in [6, 6.07) is 1.25. The summed E-state index contributed by atoms with van der Waals surface area (Å²) < 4.78 is 15.5. The minimum atomic E-state index is -0.968. The largest absolute Gasteiger partial charge is 0.510 e. The number of fused-ring (bicyclic) bond motifs is 2. The van der Waals surface area contributed by atoms with Crippen molar-refractivity contribution < 1.29 is 28.9 Å². The number of rotatable bonds is 3. The monoisotopic (exact) mass is 353 g/mol. The third-order valence-corrected chi connectivity index (χ3v) is 4.15. The molecular formula is C15H19N3O7. The Morgan fingerprint density at radius 2 is 2.20 bits per heavy atom. The summed E-state index contributed by atoms with van der Waals surface area (Å²) in [5, 5.41) is 9.95. The van der Waals surface area contributed by atoms with Gasteiger partial charge in [0.15, 0.2) is 5.69 Å². The SMILES string of the molecule is COC(=O)OCOc1c2n(ccc1=O)NC1CCCC(O)CN1C2=O. The molecule has 25 heavy (non-hydrogen) atoms. The van der Waals surface area contributed by atoms with Crippen LogP contribution < -0.4 is 15.6 Å². The molecule has 1 aromatic rings. The minimum absolute atomic E-state index is 0.00804. The molecule has 2 N–H and O–H groups in total. The Morgan fingerprint density at radius 3 is 2.96 bits per heavy atom. The van der Waals surface area contributed by atoms with Crippen molar-refractivity contribution in [2.45, 2.75) is 31.5 Å². The molecule has 2 aliphatic heterocycles. The van der Waals surface area contributed by atoms with Crippen molar-refractivity contribution in [2.75, 3.05) is 25.9 Å². The fraction of sp³-hybridized carbons (Fsp3) is 0.533. The Labute approximate surface area is 142 Å². The van der Waals surface area contributed by atoms with Crippen LogP contribution in [0.4, 0.5) is 4.79 Å². The van der Waals surface area contributed by atoms with E-state index in [0.29, 0.717) is 12.8 Å². The maximum absolute atomic E-state index is 12.9. The lowest BCUT2D eigenvalue weighted by Crippen LogP contribution is -2.55. The molecular weight excluding hydrogens is 334 g/mol. The first-order valence-corrected chi connectivity index (χ1v) is 7.86. The number of hydrogen-bond acceptors (Lipinski definition) is 8. The molecule has 10 heteroatoms. The smallest absolute Gasteiger partial charge is 0.451 e. The van der Waals surface area contributed by atoms with Crippen LogP contribution in [0.2, 0.25) is 0 Å². The first-order valence-electron chi connectivity index (χ1n) is 7.86. The van der Waals surface area contributed by atoms with Gasteiger partial charge in [-0.15, -0.1) is 0 Å². The molecule has 0 saturated carbocycles. The lowest BCUT2D eigenvalue weighted by Gasteiger charge is -2.38. The number of carbonyl (C=O) groups is 2. The van der Waals surface area contributed by atoms with Crippen LogP contribution in [-0.2, 0) is 9.47 Å². The van der Waals surface area contributed by atoms with Crippen LogP contribution in [0.15, 0.2) is 17.1 Å². The third-order valence-electron chi connectivity index (χ3n) is 4.15. The van der Waals surface area contributed by atoms with Gasteiger partial charge in [-0.25, -0.2) is 4.79 Å². The van der Waals surface area contributed by atoms with E-state index in [1.165, 1.54) is 21.8 Å². The number of ether oxygens (including phenoxy) is 3. The summed E-state index contributed by atoms with van der Waals surface area (Å²) in [5.41, 5.74) is 2.59. The second-order valence-corrected chi connectivity index (χ2v) is 5.78. The Kier molecular flexibility index (Phi) is 4.79. The van der Waals surface area contributed by atoms with Crippen molar-refractivity contribution in [3.63, 3.8) is 0 Å². The van der Waals surface area contributed by atoms with Gasteiger partial charge in [0.1, 0.15) is 6.17 Å². The highest BCUT2D eigenvalue weighted by atomic mass is 16.8. The molecule has 3 rings (SSSR count). The number of nitrogens with zero attached hydrogens (tertiary/aromatic N) is 2. The predicted molar refractivity (Wildman–Crippen MR) is 83.7 cm³/mol. The van der Waals surface area contributed by atoms with Gasteiger partial charge in [0.25, 0.3) is 5.91 Å². The molecule has 1 saturated heterocycles. The predicted octanol–water partition coefficient (Wildman–Crippen LogP) is -0.162. The van der Waals surface area contributed by atoms with Gasteiger partial charge in [0.05, 0.1) is 13.2 Å². The first kappa shape index (κ1) is 17.1. The molecule has 136 valence electrons. The van der Waals surface area contributed by atoms with E-state index in [4.69, 9.17) is 4.74 Å². The number of aliphatic hydroxyl groups excluding tert-OH is 1. The standard InChI is InChI=1S/C15H19N3O7/c1-23-15(22)25-8-24-13-10(20)5-6-18-12(13)14(21)17-7-9(19)3-2-4-11(17)16-18/h5-6,9,11,16,19H,2-4,7-8H2,1H3. The zero-order chi connectivity index (χ0) is 18.0. The molecule has 1 aromatic heterocycles. The molecule has 0 bridgehead atoms. The van der Waals surface area contributed by atoms with Gasteiger partial charge in [0.2, 0.25) is 18.0 Å². The minimum Gasteiger partial charge on any atom is -0.451 e. The topological polar surface area (TPSA) is 119 Å². The van der Waals surface area contributed by atoms with Crippen LogP contribution in [0, 0.1) is 0 Å². The molecule has 2 atom stereocenters. The first-order chi connectivity index (χ1) is 12.0. The summed E-state index contributed by atoms with van der Waals surface area (Å²) in [4.78, 5) is 37.5.